The third-order valence-corrected chi connectivity index (χ3v) is 3.36. The van der Waals surface area contributed by atoms with E-state index in [2.05, 4.69) is 10.0 Å². The molecule has 0 heterocycles. The average Bonchev–Trinajstić information content (AvgIpc) is 2.17. The minimum Gasteiger partial charge on any atom is -0.383 e. The highest BCUT2D eigenvalue weighted by atomic mass is 32.2. The summed E-state index contributed by atoms with van der Waals surface area (Å²) in [5, 5.41) is 2.60. The first-order chi connectivity index (χ1) is 7.52. The van der Waals surface area contributed by atoms with Gasteiger partial charge in [-0.2, -0.15) is 0 Å². The number of hydrogen-bond donors (Lipinski definition) is 2. The van der Waals surface area contributed by atoms with Crippen LogP contribution in [-0.4, -0.2) is 46.9 Å². The zero-order valence-corrected chi connectivity index (χ0v) is 10.6. The number of rotatable bonds is 9. The number of sulfonamides is 1. The lowest BCUT2D eigenvalue weighted by Gasteiger charge is -2.06. The number of carbonyl (C=O) groups is 1. The molecule has 1 amide bonds. The largest absolute Gasteiger partial charge is 0.383 e. The standard InChI is InChI=1S/C9H20N2O4S/c1-3-8-16(13,14)11-5-4-9(12)10-6-7-15-2/h11H,3-8H2,1-2H3,(H,10,12). The molecule has 0 fully saturated rings. The van der Waals surface area contributed by atoms with Crippen LogP contribution in [0.1, 0.15) is 19.8 Å². The van der Waals surface area contributed by atoms with E-state index in [1.807, 2.05) is 0 Å². The molecule has 0 unspecified atom stereocenters. The van der Waals surface area contributed by atoms with E-state index in [1.54, 1.807) is 14.0 Å². The fraction of sp³-hybridized carbons (Fsp3) is 0.889. The Kier molecular flexibility index (Phi) is 8.14. The van der Waals surface area contributed by atoms with Crippen LogP contribution in [0.5, 0.6) is 0 Å². The van der Waals surface area contributed by atoms with Crippen LogP contribution < -0.4 is 10.0 Å². The topological polar surface area (TPSA) is 84.5 Å². The zero-order valence-electron chi connectivity index (χ0n) is 9.78. The van der Waals surface area contributed by atoms with E-state index in [-0.39, 0.29) is 24.6 Å². The Balaban J connectivity index is 3.61. The van der Waals surface area contributed by atoms with Gasteiger partial charge >= 0.3 is 0 Å². The first kappa shape index (κ1) is 15.3. The molecule has 0 aromatic carbocycles. The molecule has 0 radical (unpaired) electrons. The van der Waals surface area contributed by atoms with Crippen LogP contribution in [-0.2, 0) is 19.6 Å². The Morgan fingerprint density at radius 3 is 2.56 bits per heavy atom. The normalized spacial score (nSPS) is 11.4. The quantitative estimate of drug-likeness (QED) is 0.540. The molecule has 0 rings (SSSR count). The summed E-state index contributed by atoms with van der Waals surface area (Å²) in [6.07, 6.45) is 0.710. The third kappa shape index (κ3) is 8.63. The van der Waals surface area contributed by atoms with E-state index in [1.165, 1.54) is 0 Å². The van der Waals surface area contributed by atoms with Gasteiger partial charge in [-0.25, -0.2) is 13.1 Å². The van der Waals surface area contributed by atoms with Crippen molar-refractivity contribution in [2.45, 2.75) is 19.8 Å². The molecule has 0 aliphatic heterocycles. The molecule has 0 saturated carbocycles. The SMILES string of the molecule is CCCS(=O)(=O)NCCC(=O)NCCOC. The number of methoxy groups -OCH3 is 1. The molecule has 7 heteroatoms. The molecule has 0 spiro atoms. The lowest BCUT2D eigenvalue weighted by molar-refractivity contribution is -0.121. The van der Waals surface area contributed by atoms with Crippen molar-refractivity contribution in [1.29, 1.82) is 0 Å². The predicted octanol–water partition coefficient (Wildman–Crippen LogP) is -0.531. The fourth-order valence-corrected chi connectivity index (χ4v) is 2.14. The Morgan fingerprint density at radius 2 is 2.00 bits per heavy atom. The van der Waals surface area contributed by atoms with Gasteiger partial charge in [0.25, 0.3) is 0 Å². The lowest BCUT2D eigenvalue weighted by Crippen LogP contribution is -2.33. The van der Waals surface area contributed by atoms with Crippen LogP contribution >= 0.6 is 0 Å². The van der Waals surface area contributed by atoms with Crippen molar-refractivity contribution in [3.8, 4) is 0 Å². The molecule has 0 saturated heterocycles. The molecule has 0 bridgehead atoms. The number of amides is 1. The van der Waals surface area contributed by atoms with Crippen molar-refractivity contribution in [3.63, 3.8) is 0 Å². The first-order valence-corrected chi connectivity index (χ1v) is 6.90. The Bertz CT molecular complexity index is 290. The highest BCUT2D eigenvalue weighted by Crippen LogP contribution is 1.88. The van der Waals surface area contributed by atoms with E-state index >= 15 is 0 Å². The second-order valence-electron chi connectivity index (χ2n) is 3.31. The number of ether oxygens (including phenoxy) is 1. The van der Waals surface area contributed by atoms with Crippen LogP contribution in [0.3, 0.4) is 0 Å². The Labute approximate surface area is 96.8 Å². The van der Waals surface area contributed by atoms with Crippen molar-refractivity contribution in [1.82, 2.24) is 10.0 Å². The highest BCUT2D eigenvalue weighted by Gasteiger charge is 2.08. The van der Waals surface area contributed by atoms with E-state index in [0.29, 0.717) is 19.6 Å². The molecule has 2 N–H and O–H groups in total. The molecule has 0 aromatic rings. The summed E-state index contributed by atoms with van der Waals surface area (Å²) in [6.45, 7) is 2.82. The smallest absolute Gasteiger partial charge is 0.221 e. The van der Waals surface area contributed by atoms with E-state index in [0.717, 1.165) is 0 Å². The summed E-state index contributed by atoms with van der Waals surface area (Å²) in [4.78, 5) is 11.2. The first-order valence-electron chi connectivity index (χ1n) is 5.24. The fourth-order valence-electron chi connectivity index (χ4n) is 1.04. The molecular formula is C9H20N2O4S. The summed E-state index contributed by atoms with van der Waals surface area (Å²) >= 11 is 0. The number of hydrogen-bond acceptors (Lipinski definition) is 4. The summed E-state index contributed by atoms with van der Waals surface area (Å²) in [5.74, 6) is -0.0885. The Morgan fingerprint density at radius 1 is 1.31 bits per heavy atom. The average molecular weight is 252 g/mol. The highest BCUT2D eigenvalue weighted by molar-refractivity contribution is 7.89. The van der Waals surface area contributed by atoms with Crippen LogP contribution in [0, 0.1) is 0 Å². The second kappa shape index (κ2) is 8.49. The maximum atomic E-state index is 11.2. The van der Waals surface area contributed by atoms with Crippen LogP contribution in [0.15, 0.2) is 0 Å². The summed E-state index contributed by atoms with van der Waals surface area (Å²) in [6, 6.07) is 0. The van der Waals surface area contributed by atoms with E-state index < -0.39 is 10.0 Å². The molecule has 16 heavy (non-hydrogen) atoms. The molecule has 0 aliphatic carbocycles. The van der Waals surface area contributed by atoms with Gasteiger partial charge in [0.05, 0.1) is 12.4 Å². The second-order valence-corrected chi connectivity index (χ2v) is 5.23. The molecule has 6 nitrogen and oxygen atoms in total. The minimum atomic E-state index is -3.21. The van der Waals surface area contributed by atoms with Crippen LogP contribution in [0.4, 0.5) is 0 Å². The van der Waals surface area contributed by atoms with Crippen molar-refractivity contribution in [2.24, 2.45) is 0 Å². The van der Waals surface area contributed by atoms with Crippen molar-refractivity contribution in [3.05, 3.63) is 0 Å². The van der Waals surface area contributed by atoms with Gasteiger partial charge < -0.3 is 10.1 Å². The van der Waals surface area contributed by atoms with E-state index in [9.17, 15) is 13.2 Å². The van der Waals surface area contributed by atoms with E-state index in [4.69, 9.17) is 4.74 Å². The Hall–Kier alpha value is -0.660. The number of nitrogens with one attached hydrogen (secondary N) is 2. The van der Waals surface area contributed by atoms with Gasteiger partial charge in [-0.1, -0.05) is 6.92 Å². The predicted molar refractivity (Wildman–Crippen MR) is 61.6 cm³/mol. The molecule has 96 valence electrons. The van der Waals surface area contributed by atoms with Crippen molar-refractivity contribution >= 4 is 15.9 Å². The van der Waals surface area contributed by atoms with Gasteiger partial charge in [-0.3, -0.25) is 4.79 Å². The lowest BCUT2D eigenvalue weighted by atomic mass is 10.4. The maximum absolute atomic E-state index is 11.2. The van der Waals surface area contributed by atoms with Crippen LogP contribution in [0.2, 0.25) is 0 Å². The molecule has 0 atom stereocenters. The minimum absolute atomic E-state index is 0.0955. The van der Waals surface area contributed by atoms with Gasteiger partial charge in [0, 0.05) is 26.6 Å². The molecule has 0 aromatic heterocycles. The van der Waals surface area contributed by atoms with Crippen molar-refractivity contribution < 1.29 is 17.9 Å². The third-order valence-electron chi connectivity index (χ3n) is 1.78. The molecular weight excluding hydrogens is 232 g/mol. The van der Waals surface area contributed by atoms with Gasteiger partial charge in [-0.15, -0.1) is 0 Å². The van der Waals surface area contributed by atoms with Gasteiger partial charge in [-0.05, 0) is 6.42 Å². The summed E-state index contributed by atoms with van der Waals surface area (Å²) < 4.78 is 29.5. The number of carbonyl (C=O) groups excluding carboxylic acids is 1. The summed E-state index contributed by atoms with van der Waals surface area (Å²) in [5.41, 5.74) is 0. The monoisotopic (exact) mass is 252 g/mol. The van der Waals surface area contributed by atoms with Crippen molar-refractivity contribution in [2.75, 3.05) is 32.6 Å². The maximum Gasteiger partial charge on any atom is 0.221 e. The molecule has 0 aliphatic rings. The van der Waals surface area contributed by atoms with Crippen LogP contribution in [0.25, 0.3) is 0 Å². The zero-order chi connectivity index (χ0) is 12.4. The van der Waals surface area contributed by atoms with Gasteiger partial charge in [0.2, 0.25) is 15.9 Å². The summed E-state index contributed by atoms with van der Waals surface area (Å²) in [7, 11) is -1.66. The van der Waals surface area contributed by atoms with Gasteiger partial charge in [0.15, 0.2) is 0 Å². The van der Waals surface area contributed by atoms with Gasteiger partial charge in [0.1, 0.15) is 0 Å².